The molecule has 0 N–H and O–H groups in total. The fourth-order valence-corrected chi connectivity index (χ4v) is 3.56. The van der Waals surface area contributed by atoms with Crippen LogP contribution in [0.2, 0.25) is 0 Å². The average molecular weight is 343 g/mol. The molecule has 5 heteroatoms. The zero-order valence-electron chi connectivity index (χ0n) is 15.6. The molecule has 1 saturated heterocycles. The summed E-state index contributed by atoms with van der Waals surface area (Å²) in [5.74, 6) is 0.472. The van der Waals surface area contributed by atoms with Crippen molar-refractivity contribution in [1.82, 2.24) is 14.7 Å². The summed E-state index contributed by atoms with van der Waals surface area (Å²) in [7, 11) is 6.39. The molecular weight excluding hydrogens is 314 g/mol. The predicted molar refractivity (Wildman–Crippen MR) is 101 cm³/mol. The van der Waals surface area contributed by atoms with E-state index in [9.17, 15) is 4.79 Å². The number of furan rings is 1. The minimum atomic E-state index is 0.0163. The molecule has 0 unspecified atom stereocenters. The van der Waals surface area contributed by atoms with Crippen LogP contribution >= 0.6 is 0 Å². The smallest absolute Gasteiger partial charge is 0.289 e. The number of rotatable bonds is 6. The zero-order valence-corrected chi connectivity index (χ0v) is 15.6. The molecule has 0 aliphatic carbocycles. The number of benzene rings is 1. The fourth-order valence-electron chi connectivity index (χ4n) is 3.56. The van der Waals surface area contributed by atoms with E-state index in [1.54, 1.807) is 0 Å². The number of para-hydroxylation sites is 1. The second kappa shape index (κ2) is 8.02. The molecule has 25 heavy (non-hydrogen) atoms. The van der Waals surface area contributed by atoms with E-state index < -0.39 is 0 Å². The van der Waals surface area contributed by atoms with E-state index in [1.165, 1.54) is 0 Å². The first kappa shape index (κ1) is 18.0. The summed E-state index contributed by atoms with van der Waals surface area (Å²) in [6.07, 6.45) is 3.36. The quantitative estimate of drug-likeness (QED) is 0.808. The van der Waals surface area contributed by atoms with Gasteiger partial charge in [-0.05, 0) is 65.6 Å². The van der Waals surface area contributed by atoms with Crippen LogP contribution in [-0.2, 0) is 0 Å². The molecule has 1 amide bonds. The van der Waals surface area contributed by atoms with Crippen LogP contribution in [0.3, 0.4) is 0 Å². The SMILES string of the molecule is CN(C)CCCN(C)[C@H]1CCCN(C(=O)c2cc3ccccc3o2)C1. The van der Waals surface area contributed by atoms with Crippen LogP contribution in [0.15, 0.2) is 34.7 Å². The van der Waals surface area contributed by atoms with Gasteiger partial charge in [-0.3, -0.25) is 4.79 Å². The van der Waals surface area contributed by atoms with Crippen LogP contribution in [-0.4, -0.2) is 74.0 Å². The van der Waals surface area contributed by atoms with E-state index >= 15 is 0 Å². The highest BCUT2D eigenvalue weighted by Gasteiger charge is 2.28. The average Bonchev–Trinajstić information content (AvgIpc) is 3.05. The molecule has 2 heterocycles. The number of hydrogen-bond acceptors (Lipinski definition) is 4. The first-order valence-corrected chi connectivity index (χ1v) is 9.17. The topological polar surface area (TPSA) is 39.9 Å². The van der Waals surface area contributed by atoms with Crippen LogP contribution in [0.4, 0.5) is 0 Å². The molecular formula is C20H29N3O2. The minimum Gasteiger partial charge on any atom is -0.451 e. The number of likely N-dealkylation sites (tertiary alicyclic amines) is 1. The van der Waals surface area contributed by atoms with Gasteiger partial charge in [0.25, 0.3) is 5.91 Å². The molecule has 1 aromatic carbocycles. The number of carbonyl (C=O) groups is 1. The number of likely N-dealkylation sites (N-methyl/N-ethyl adjacent to an activating group) is 1. The lowest BCUT2D eigenvalue weighted by molar-refractivity contribution is 0.0579. The fraction of sp³-hybridized carbons (Fsp3) is 0.550. The molecule has 0 bridgehead atoms. The van der Waals surface area contributed by atoms with Gasteiger partial charge in [-0.15, -0.1) is 0 Å². The molecule has 5 nitrogen and oxygen atoms in total. The first-order chi connectivity index (χ1) is 12.0. The Hall–Kier alpha value is -1.85. The Labute approximate surface area is 150 Å². The summed E-state index contributed by atoms with van der Waals surface area (Å²) in [6.45, 7) is 3.76. The van der Waals surface area contributed by atoms with Crippen LogP contribution in [0.25, 0.3) is 11.0 Å². The summed E-state index contributed by atoms with van der Waals surface area (Å²) >= 11 is 0. The van der Waals surface area contributed by atoms with Gasteiger partial charge < -0.3 is 19.1 Å². The Kier molecular flexibility index (Phi) is 5.76. The second-order valence-corrected chi connectivity index (χ2v) is 7.33. The largest absolute Gasteiger partial charge is 0.451 e. The van der Waals surface area contributed by atoms with Gasteiger partial charge in [-0.1, -0.05) is 18.2 Å². The van der Waals surface area contributed by atoms with Crippen molar-refractivity contribution in [2.24, 2.45) is 0 Å². The van der Waals surface area contributed by atoms with Crippen molar-refractivity contribution >= 4 is 16.9 Å². The number of piperidine rings is 1. The first-order valence-electron chi connectivity index (χ1n) is 9.17. The maximum Gasteiger partial charge on any atom is 0.289 e. The van der Waals surface area contributed by atoms with Gasteiger partial charge in [0.2, 0.25) is 0 Å². The molecule has 0 saturated carbocycles. The van der Waals surface area contributed by atoms with Gasteiger partial charge in [0.1, 0.15) is 5.58 Å². The molecule has 0 spiro atoms. The molecule has 0 radical (unpaired) electrons. The van der Waals surface area contributed by atoms with Crippen molar-refractivity contribution in [1.29, 1.82) is 0 Å². The van der Waals surface area contributed by atoms with Gasteiger partial charge in [-0.2, -0.15) is 0 Å². The van der Waals surface area contributed by atoms with E-state index in [0.29, 0.717) is 11.8 Å². The highest BCUT2D eigenvalue weighted by atomic mass is 16.3. The lowest BCUT2D eigenvalue weighted by Crippen LogP contribution is -2.49. The van der Waals surface area contributed by atoms with Gasteiger partial charge in [-0.25, -0.2) is 0 Å². The van der Waals surface area contributed by atoms with Crippen LogP contribution in [0.1, 0.15) is 29.8 Å². The Bertz CT molecular complexity index is 677. The molecule has 1 aliphatic rings. The third-order valence-electron chi connectivity index (χ3n) is 5.06. The van der Waals surface area contributed by atoms with Crippen molar-refractivity contribution in [2.45, 2.75) is 25.3 Å². The minimum absolute atomic E-state index is 0.0163. The molecule has 3 rings (SSSR count). The van der Waals surface area contributed by atoms with Crippen molar-refractivity contribution in [3.05, 3.63) is 36.1 Å². The van der Waals surface area contributed by atoms with Gasteiger partial charge in [0, 0.05) is 24.5 Å². The van der Waals surface area contributed by atoms with Crippen LogP contribution in [0.5, 0.6) is 0 Å². The van der Waals surface area contributed by atoms with E-state index in [2.05, 4.69) is 30.9 Å². The number of fused-ring (bicyclic) bond motifs is 1. The second-order valence-electron chi connectivity index (χ2n) is 7.33. The predicted octanol–water partition coefficient (Wildman–Crippen LogP) is 2.92. The summed E-state index contributed by atoms with van der Waals surface area (Å²) in [5.41, 5.74) is 0.778. The summed E-state index contributed by atoms with van der Waals surface area (Å²) in [6, 6.07) is 10.1. The van der Waals surface area contributed by atoms with Crippen molar-refractivity contribution in [3.8, 4) is 0 Å². The third-order valence-corrected chi connectivity index (χ3v) is 5.06. The Morgan fingerprint density at radius 1 is 1.24 bits per heavy atom. The standard InChI is InChI=1S/C20H29N3O2/c1-21(2)11-7-12-22(3)17-9-6-13-23(15-17)20(24)19-14-16-8-4-5-10-18(16)25-19/h4-5,8,10,14,17H,6-7,9,11-13,15H2,1-3H3/t17-/m0/s1. The summed E-state index contributed by atoms with van der Waals surface area (Å²) in [4.78, 5) is 19.4. The number of amides is 1. The van der Waals surface area contributed by atoms with Crippen LogP contribution < -0.4 is 0 Å². The number of nitrogens with zero attached hydrogens (tertiary/aromatic N) is 3. The Balaban J connectivity index is 1.61. The Morgan fingerprint density at radius 3 is 2.80 bits per heavy atom. The third kappa shape index (κ3) is 4.41. The number of carbonyl (C=O) groups excluding carboxylic acids is 1. The Morgan fingerprint density at radius 2 is 2.04 bits per heavy atom. The molecule has 2 aromatic rings. The summed E-state index contributed by atoms with van der Waals surface area (Å²) in [5, 5.41) is 0.986. The maximum atomic E-state index is 12.8. The van der Waals surface area contributed by atoms with Crippen LogP contribution in [0, 0.1) is 0 Å². The van der Waals surface area contributed by atoms with E-state index in [1.807, 2.05) is 35.2 Å². The van der Waals surface area contributed by atoms with Gasteiger partial charge in [0.15, 0.2) is 5.76 Å². The normalized spacial score (nSPS) is 18.4. The highest BCUT2D eigenvalue weighted by Crippen LogP contribution is 2.22. The van der Waals surface area contributed by atoms with Gasteiger partial charge >= 0.3 is 0 Å². The monoisotopic (exact) mass is 343 g/mol. The zero-order chi connectivity index (χ0) is 17.8. The lowest BCUT2D eigenvalue weighted by atomic mass is 10.0. The van der Waals surface area contributed by atoms with Crippen molar-refractivity contribution in [3.63, 3.8) is 0 Å². The van der Waals surface area contributed by atoms with E-state index in [-0.39, 0.29) is 5.91 Å². The van der Waals surface area contributed by atoms with Crippen molar-refractivity contribution < 1.29 is 9.21 Å². The van der Waals surface area contributed by atoms with Crippen molar-refractivity contribution in [2.75, 3.05) is 47.3 Å². The number of hydrogen-bond donors (Lipinski definition) is 0. The van der Waals surface area contributed by atoms with E-state index in [0.717, 1.165) is 56.4 Å². The van der Waals surface area contributed by atoms with Gasteiger partial charge in [0.05, 0.1) is 0 Å². The molecule has 136 valence electrons. The molecule has 1 aliphatic heterocycles. The highest BCUT2D eigenvalue weighted by molar-refractivity contribution is 5.96. The summed E-state index contributed by atoms with van der Waals surface area (Å²) < 4.78 is 5.76. The molecule has 1 fully saturated rings. The van der Waals surface area contributed by atoms with E-state index in [4.69, 9.17) is 4.42 Å². The maximum absolute atomic E-state index is 12.8. The molecule has 1 atom stereocenters. The molecule has 1 aromatic heterocycles. The lowest BCUT2D eigenvalue weighted by Gasteiger charge is -2.37.